The van der Waals surface area contributed by atoms with Crippen LogP contribution in [0.3, 0.4) is 0 Å². The molecule has 0 saturated carbocycles. The topological polar surface area (TPSA) is 350 Å². The lowest BCUT2D eigenvalue weighted by molar-refractivity contribution is -0.138. The number of aryl methyl sites for hydroxylation is 2. The first-order chi connectivity index (χ1) is 35.9. The van der Waals surface area contributed by atoms with E-state index in [0.717, 1.165) is 5.69 Å². The van der Waals surface area contributed by atoms with Gasteiger partial charge in [-0.1, -0.05) is 18.2 Å². The van der Waals surface area contributed by atoms with Gasteiger partial charge >= 0.3 is 11.9 Å². The lowest BCUT2D eigenvalue weighted by Gasteiger charge is -2.19. The number of fused-ring (bicyclic) bond motifs is 2. The number of aromatic nitrogens is 8. The fraction of sp³-hybridized carbons (Fsp3) is 0.340. The van der Waals surface area contributed by atoms with Crippen molar-refractivity contribution in [2.45, 2.75) is 80.1 Å². The van der Waals surface area contributed by atoms with Crippen molar-refractivity contribution >= 4 is 80.9 Å². The van der Waals surface area contributed by atoms with Crippen molar-refractivity contribution in [2.75, 3.05) is 48.4 Å². The molecule has 75 heavy (non-hydrogen) atoms. The maximum atomic E-state index is 13.9. The van der Waals surface area contributed by atoms with Gasteiger partial charge in [0.1, 0.15) is 40.5 Å². The van der Waals surface area contributed by atoms with Gasteiger partial charge in [0.05, 0.1) is 48.2 Å². The smallest absolute Gasteiger partial charge is 0.305 e. The monoisotopic (exact) mass is 1030 g/mol. The second-order valence-electron chi connectivity index (χ2n) is 16.9. The molecular formula is C50H61N15O10. The molecule has 0 atom stereocenters. The molecule has 0 spiro atoms. The number of carboxylic acid groups (broad SMARTS) is 2. The maximum Gasteiger partial charge on any atom is 0.305 e. The molecule has 0 aliphatic rings. The average molecular weight is 1030 g/mol. The lowest BCUT2D eigenvalue weighted by atomic mass is 10.1. The van der Waals surface area contributed by atoms with Crippen LogP contribution in [0.15, 0.2) is 83.8 Å². The predicted molar refractivity (Wildman–Crippen MR) is 280 cm³/mol. The van der Waals surface area contributed by atoms with Gasteiger partial charge in [0.25, 0.3) is 11.8 Å². The Labute approximate surface area is 430 Å². The lowest BCUT2D eigenvalue weighted by Crippen LogP contribution is -2.25. The van der Waals surface area contributed by atoms with Crippen LogP contribution in [0.1, 0.15) is 83.9 Å². The third-order valence-electron chi connectivity index (χ3n) is 11.3. The molecule has 0 saturated heterocycles. The van der Waals surface area contributed by atoms with Crippen LogP contribution in [0, 0.1) is 6.92 Å². The average Bonchev–Trinajstić information content (AvgIpc) is 4.15. The second kappa shape index (κ2) is 25.4. The maximum absolute atomic E-state index is 13.9. The first-order valence-electron chi connectivity index (χ1n) is 24.0. The molecular weight excluding hydrogens is 971 g/mol. The summed E-state index contributed by atoms with van der Waals surface area (Å²) in [4.78, 5) is 91.0. The van der Waals surface area contributed by atoms with Crippen molar-refractivity contribution in [2.24, 2.45) is 22.2 Å². The molecule has 0 fully saturated rings. The van der Waals surface area contributed by atoms with Gasteiger partial charge in [0, 0.05) is 68.7 Å². The van der Waals surface area contributed by atoms with Crippen molar-refractivity contribution in [1.29, 1.82) is 0 Å². The molecule has 0 bridgehead atoms. The van der Waals surface area contributed by atoms with E-state index in [9.17, 15) is 33.9 Å². The summed E-state index contributed by atoms with van der Waals surface area (Å²) in [5, 5.41) is 32.9. The Kier molecular flexibility index (Phi) is 18.6. The van der Waals surface area contributed by atoms with Crippen molar-refractivity contribution < 1.29 is 48.5 Å². The molecule has 25 nitrogen and oxygen atoms in total. The fourth-order valence-electron chi connectivity index (χ4n) is 7.85. The van der Waals surface area contributed by atoms with E-state index in [2.05, 4.69) is 25.8 Å². The highest BCUT2D eigenvalue weighted by molar-refractivity contribution is 6.47. The Hall–Kier alpha value is -9.29. The molecule has 6 aromatic rings. The van der Waals surface area contributed by atoms with Gasteiger partial charge in [-0.25, -0.2) is 9.97 Å². The molecule has 10 N–H and O–H groups in total. The van der Waals surface area contributed by atoms with Crippen LogP contribution >= 0.6 is 0 Å². The highest BCUT2D eigenvalue weighted by Crippen LogP contribution is 2.33. The molecule has 4 aromatic heterocycles. The number of primary amides is 2. The number of carboxylic acids is 2. The van der Waals surface area contributed by atoms with Crippen LogP contribution in [-0.2, 0) is 40.6 Å². The minimum absolute atomic E-state index is 0.0145. The highest BCUT2D eigenvalue weighted by Gasteiger charge is 2.24. The van der Waals surface area contributed by atoms with Crippen LogP contribution in [-0.4, -0.2) is 123 Å². The summed E-state index contributed by atoms with van der Waals surface area (Å²) in [6, 6.07) is 7.47. The van der Waals surface area contributed by atoms with E-state index in [1.54, 1.807) is 69.8 Å². The zero-order valence-corrected chi connectivity index (χ0v) is 42.3. The van der Waals surface area contributed by atoms with Crippen LogP contribution in [0.25, 0.3) is 22.1 Å². The third kappa shape index (κ3) is 14.2. The van der Waals surface area contributed by atoms with E-state index in [1.807, 2.05) is 31.0 Å². The quantitative estimate of drug-likeness (QED) is 0.0205. The van der Waals surface area contributed by atoms with Gasteiger partial charge in [-0.3, -0.25) is 53.8 Å². The van der Waals surface area contributed by atoms with E-state index >= 15 is 0 Å². The molecule has 25 heteroatoms. The summed E-state index contributed by atoms with van der Waals surface area (Å²) in [7, 11) is 0. The van der Waals surface area contributed by atoms with Gasteiger partial charge < -0.3 is 50.9 Å². The zero-order valence-electron chi connectivity index (χ0n) is 42.3. The van der Waals surface area contributed by atoms with Gasteiger partial charge in [0.2, 0.25) is 23.7 Å². The Morgan fingerprint density at radius 3 is 1.95 bits per heavy atom. The summed E-state index contributed by atoms with van der Waals surface area (Å²) in [6.07, 6.45) is 12.0. The summed E-state index contributed by atoms with van der Waals surface area (Å²) in [5.41, 5.74) is 20.9. The summed E-state index contributed by atoms with van der Waals surface area (Å²) in [6.45, 7) is 10.9. The van der Waals surface area contributed by atoms with E-state index < -0.39 is 35.6 Å². The van der Waals surface area contributed by atoms with Crippen LogP contribution < -0.4 is 42.2 Å². The number of nitrogens with two attached hydrogens (primary N) is 3. The summed E-state index contributed by atoms with van der Waals surface area (Å²) < 4.78 is 18.9. The van der Waals surface area contributed by atoms with Crippen molar-refractivity contribution in [3.05, 3.63) is 101 Å². The molecule has 4 amide bonds. The van der Waals surface area contributed by atoms with Crippen LogP contribution in [0.4, 0.5) is 17.6 Å². The standard InChI is InChI=1S/C50H61N15O10/c1-6-54-37(22-30(4)51)47(72)58-49-56-35-24-32(45(52)70)26-39(74-20-12-11-16-62-29-34(28-55-62)61(7-2)19-15-42(68)69)43(35)63(49)17-9-10-18-64-44-36(25-33(46(53)71)27-40(44)75-21-13-14-41(66)67)57-50(64)59-48(73)38-23-31(5)60-65(38)8-3/h9-12,22-29H,6-8,13-21,51H2,1-5H3,(H2,52,70)(H2,53,71)(H,66,67)(H,68,69)(H,56,58,72)(H,57,59,73)/b10-9+,12-11+,30-22-,54-37?. The normalized spacial score (nSPS) is 12.0. The summed E-state index contributed by atoms with van der Waals surface area (Å²) >= 11 is 0. The molecule has 0 radical (unpaired) electrons. The van der Waals surface area contributed by atoms with E-state index in [1.165, 1.54) is 30.3 Å². The Bertz CT molecular complexity index is 3220. The number of amides is 4. The minimum atomic E-state index is -1.01. The minimum Gasteiger partial charge on any atom is -0.491 e. The Morgan fingerprint density at radius 1 is 0.787 bits per heavy atom. The number of hydrogen-bond donors (Lipinski definition) is 7. The SMILES string of the molecule is CCN=C(/C=C(/C)N)C(=O)Nc1nc2cc(C(N)=O)cc(OC/C=C/Cn3cc(N(CC)CCC(=O)O)cn3)c2n1C/C=C/Cn1c(NC(=O)c2cc(C)nn2CC)nc2cc(C(N)=O)cc(OCCCC(=O)O)c21. The van der Waals surface area contributed by atoms with Crippen LogP contribution in [0.2, 0.25) is 0 Å². The van der Waals surface area contributed by atoms with E-state index in [-0.39, 0.29) is 109 Å². The number of ether oxygens (including phenoxy) is 2. The van der Waals surface area contributed by atoms with Crippen LogP contribution in [0.5, 0.6) is 11.5 Å². The Balaban J connectivity index is 1.38. The number of hydrogen-bond acceptors (Lipinski definition) is 15. The zero-order chi connectivity index (χ0) is 54.3. The number of aliphatic carboxylic acids is 2. The fourth-order valence-corrected chi connectivity index (χ4v) is 7.85. The predicted octanol–water partition coefficient (Wildman–Crippen LogP) is 4.26. The van der Waals surface area contributed by atoms with Crippen molar-refractivity contribution in [3.8, 4) is 11.5 Å². The van der Waals surface area contributed by atoms with Crippen molar-refractivity contribution in [3.63, 3.8) is 0 Å². The van der Waals surface area contributed by atoms with Gasteiger partial charge in [-0.15, -0.1) is 0 Å². The number of nitrogens with one attached hydrogen (secondary N) is 2. The largest absolute Gasteiger partial charge is 0.491 e. The van der Waals surface area contributed by atoms with E-state index in [0.29, 0.717) is 48.6 Å². The molecule has 0 aliphatic heterocycles. The first kappa shape index (κ1) is 55.0. The number of aliphatic imine (C=N–C) groups is 1. The molecule has 396 valence electrons. The molecule has 2 aromatic carbocycles. The number of rotatable bonds is 28. The Morgan fingerprint density at radius 2 is 1.39 bits per heavy atom. The highest BCUT2D eigenvalue weighted by atomic mass is 16.5. The second-order valence-corrected chi connectivity index (χ2v) is 16.9. The number of anilines is 3. The van der Waals surface area contributed by atoms with Gasteiger partial charge in [0.15, 0.2) is 0 Å². The van der Waals surface area contributed by atoms with Gasteiger partial charge in [-0.05, 0) is 83.5 Å². The first-order valence-corrected chi connectivity index (χ1v) is 24.0. The molecule has 0 unspecified atom stereocenters. The number of carbonyl (C=O) groups is 6. The molecule has 0 aliphatic carbocycles. The number of imidazole rings is 2. The third-order valence-corrected chi connectivity index (χ3v) is 11.3. The van der Waals surface area contributed by atoms with Gasteiger partial charge in [-0.2, -0.15) is 10.2 Å². The molecule has 4 heterocycles. The number of allylic oxidation sites excluding steroid dienone is 4. The molecule has 6 rings (SSSR count). The number of carbonyl (C=O) groups excluding carboxylic acids is 4. The van der Waals surface area contributed by atoms with E-state index in [4.69, 9.17) is 41.7 Å². The van der Waals surface area contributed by atoms with Crippen molar-refractivity contribution in [1.82, 2.24) is 38.7 Å². The number of nitrogens with zero attached hydrogens (tertiary/aromatic N) is 10. The number of benzene rings is 2. The summed E-state index contributed by atoms with van der Waals surface area (Å²) in [5.74, 6) is -4.09.